The van der Waals surface area contributed by atoms with Crippen LogP contribution >= 0.6 is 31.9 Å². The summed E-state index contributed by atoms with van der Waals surface area (Å²) >= 11 is 7.21. The molecule has 0 atom stereocenters. The first-order chi connectivity index (χ1) is 22.0. The molecule has 12 heteroatoms. The summed E-state index contributed by atoms with van der Waals surface area (Å²) in [5.74, 6) is 2.10. The third-order valence-corrected chi connectivity index (χ3v) is 9.53. The normalized spacial score (nSPS) is 11.4. The quantitative estimate of drug-likeness (QED) is 0.0800. The fourth-order valence-electron chi connectivity index (χ4n) is 4.99. The highest BCUT2D eigenvalue weighted by Gasteiger charge is 2.20. The predicted molar refractivity (Wildman–Crippen MR) is 186 cm³/mol. The van der Waals surface area contributed by atoms with Crippen LogP contribution in [0, 0.1) is 17.0 Å². The first-order valence-corrected chi connectivity index (χ1v) is 15.8. The van der Waals surface area contributed by atoms with Crippen molar-refractivity contribution in [3.8, 4) is 28.6 Å². The van der Waals surface area contributed by atoms with E-state index in [4.69, 9.17) is 19.2 Å². The number of nitrogens with zero attached hydrogens (tertiary/aromatic N) is 4. The Bertz CT molecular complexity index is 2060. The number of aryl methyl sites for hydroxylation is 1. The van der Waals surface area contributed by atoms with E-state index in [0.29, 0.717) is 48.3 Å². The maximum atomic E-state index is 13.9. The number of nitro groups is 1. The summed E-state index contributed by atoms with van der Waals surface area (Å²) in [6.45, 7) is 6.17. The topological polar surface area (TPSA) is 118 Å². The van der Waals surface area contributed by atoms with Crippen LogP contribution in [0.5, 0.6) is 17.2 Å². The van der Waals surface area contributed by atoms with Crippen LogP contribution in [0.2, 0.25) is 0 Å². The van der Waals surface area contributed by atoms with Gasteiger partial charge in [0.1, 0.15) is 12.4 Å². The molecular formula is C34H30Br2N4O6. The van der Waals surface area contributed by atoms with Crippen LogP contribution in [0.1, 0.15) is 42.0 Å². The summed E-state index contributed by atoms with van der Waals surface area (Å²) in [6, 6.07) is 19.1. The molecule has 5 rings (SSSR count). The van der Waals surface area contributed by atoms with Crippen molar-refractivity contribution in [1.29, 1.82) is 0 Å². The molecule has 0 bridgehead atoms. The van der Waals surface area contributed by atoms with Crippen molar-refractivity contribution in [3.63, 3.8) is 0 Å². The van der Waals surface area contributed by atoms with Crippen molar-refractivity contribution in [2.75, 3.05) is 14.2 Å². The van der Waals surface area contributed by atoms with Gasteiger partial charge in [0.2, 0.25) is 0 Å². The van der Waals surface area contributed by atoms with Gasteiger partial charge in [-0.05, 0) is 91.7 Å². The number of non-ortho nitro benzene ring substituents is 1. The number of halogens is 2. The average Bonchev–Trinajstić information content (AvgIpc) is 3.05. The lowest BCUT2D eigenvalue weighted by Crippen LogP contribution is -2.21. The number of fused-ring (bicyclic) bond motifs is 1. The molecule has 0 radical (unpaired) electrons. The van der Waals surface area contributed by atoms with Gasteiger partial charge in [0, 0.05) is 27.7 Å². The van der Waals surface area contributed by atoms with Crippen LogP contribution in [-0.4, -0.2) is 35.0 Å². The lowest BCUT2D eigenvalue weighted by atomic mass is 9.96. The number of nitro benzene ring substituents is 1. The molecule has 1 aromatic heterocycles. The van der Waals surface area contributed by atoms with E-state index in [1.807, 2.05) is 25.1 Å². The minimum Gasteiger partial charge on any atom is -0.496 e. The highest BCUT2D eigenvalue weighted by Crippen LogP contribution is 2.43. The monoisotopic (exact) mass is 748 g/mol. The van der Waals surface area contributed by atoms with Gasteiger partial charge >= 0.3 is 0 Å². The fourth-order valence-corrected chi connectivity index (χ4v) is 5.93. The summed E-state index contributed by atoms with van der Waals surface area (Å²) in [4.78, 5) is 29.5. The van der Waals surface area contributed by atoms with Gasteiger partial charge < -0.3 is 14.2 Å². The van der Waals surface area contributed by atoms with Gasteiger partial charge in [-0.2, -0.15) is 9.78 Å². The van der Waals surface area contributed by atoms with Crippen LogP contribution in [0.15, 0.2) is 85.6 Å². The second kappa shape index (κ2) is 13.8. The Kier molecular flexibility index (Phi) is 9.88. The highest BCUT2D eigenvalue weighted by atomic mass is 79.9. The summed E-state index contributed by atoms with van der Waals surface area (Å²) in [7, 11) is 3.15. The molecule has 0 aliphatic carbocycles. The summed E-state index contributed by atoms with van der Waals surface area (Å²) in [6.07, 6.45) is 1.55. The van der Waals surface area contributed by atoms with Gasteiger partial charge in [0.15, 0.2) is 17.3 Å². The van der Waals surface area contributed by atoms with Crippen LogP contribution in [0.25, 0.3) is 22.3 Å². The zero-order valence-corrected chi connectivity index (χ0v) is 28.9. The molecule has 0 unspecified atom stereocenters. The second-order valence-corrected chi connectivity index (χ2v) is 12.3. The van der Waals surface area contributed by atoms with Gasteiger partial charge in [-0.25, -0.2) is 4.98 Å². The SMILES string of the molecule is COc1cc(C)c(-c2nc3ccccc3c(=O)n2N=Cc2cc(OC)c(OCc3cccc([N+](=O)[O-])c3)c(Br)c2Br)cc1C(C)C. The smallest absolute Gasteiger partial charge is 0.282 e. The molecule has 0 N–H and O–H groups in total. The number of rotatable bonds is 10. The van der Waals surface area contributed by atoms with Crippen LogP contribution in [-0.2, 0) is 6.61 Å². The molecule has 10 nitrogen and oxygen atoms in total. The van der Waals surface area contributed by atoms with E-state index in [1.165, 1.54) is 23.9 Å². The summed E-state index contributed by atoms with van der Waals surface area (Å²) in [5.41, 5.74) is 4.04. The van der Waals surface area contributed by atoms with Gasteiger partial charge in [-0.15, -0.1) is 0 Å². The van der Waals surface area contributed by atoms with Crippen molar-refractivity contribution in [3.05, 3.63) is 118 Å². The molecule has 0 saturated heterocycles. The maximum absolute atomic E-state index is 13.9. The summed E-state index contributed by atoms with van der Waals surface area (Å²) < 4.78 is 19.8. The standard InChI is InChI=1S/C34H30Br2N4O6/c1-19(2)25-16-26(20(3)13-28(25)44-4)33-38-27-12-7-6-11-24(27)34(41)39(33)37-17-22-15-29(45-5)32(31(36)30(22)35)46-18-21-9-8-10-23(14-21)40(42)43/h6-17,19H,18H2,1-5H3. The fraction of sp³-hybridized carbons (Fsp3) is 0.206. The Balaban J connectivity index is 1.60. The Labute approximate surface area is 282 Å². The average molecular weight is 750 g/mol. The van der Waals surface area contributed by atoms with Gasteiger partial charge in [0.25, 0.3) is 11.2 Å². The van der Waals surface area contributed by atoms with E-state index >= 15 is 0 Å². The zero-order valence-electron chi connectivity index (χ0n) is 25.7. The molecule has 46 heavy (non-hydrogen) atoms. The molecular weight excluding hydrogens is 720 g/mol. The highest BCUT2D eigenvalue weighted by molar-refractivity contribution is 9.13. The predicted octanol–water partition coefficient (Wildman–Crippen LogP) is 8.41. The molecule has 5 aromatic rings. The van der Waals surface area contributed by atoms with Crippen LogP contribution in [0.3, 0.4) is 0 Å². The Morgan fingerprint density at radius 2 is 1.74 bits per heavy atom. The number of hydrogen-bond acceptors (Lipinski definition) is 8. The molecule has 1 heterocycles. The maximum Gasteiger partial charge on any atom is 0.282 e. The third kappa shape index (κ3) is 6.54. The van der Waals surface area contributed by atoms with Crippen molar-refractivity contribution in [2.24, 2.45) is 5.10 Å². The van der Waals surface area contributed by atoms with Gasteiger partial charge in [-0.1, -0.05) is 38.1 Å². The van der Waals surface area contributed by atoms with Gasteiger partial charge in [0.05, 0.1) is 40.7 Å². The Morgan fingerprint density at radius 3 is 2.43 bits per heavy atom. The molecule has 0 spiro atoms. The lowest BCUT2D eigenvalue weighted by molar-refractivity contribution is -0.384. The van der Waals surface area contributed by atoms with Crippen molar-refractivity contribution in [1.82, 2.24) is 9.66 Å². The first-order valence-electron chi connectivity index (χ1n) is 14.2. The van der Waals surface area contributed by atoms with E-state index in [9.17, 15) is 14.9 Å². The van der Waals surface area contributed by atoms with E-state index in [2.05, 4.69) is 50.8 Å². The van der Waals surface area contributed by atoms with E-state index in [0.717, 1.165) is 22.4 Å². The third-order valence-electron chi connectivity index (χ3n) is 7.39. The number of methoxy groups -OCH3 is 2. The minimum atomic E-state index is -0.453. The molecule has 0 amide bonds. The number of aromatic nitrogens is 2. The molecule has 0 aliphatic heterocycles. The van der Waals surface area contributed by atoms with Crippen molar-refractivity contribution < 1.29 is 19.1 Å². The van der Waals surface area contributed by atoms with Crippen molar-refractivity contribution >= 4 is 54.7 Å². The van der Waals surface area contributed by atoms with E-state index in [-0.39, 0.29) is 23.8 Å². The Hall–Kier alpha value is -4.55. The Morgan fingerprint density at radius 1 is 1.00 bits per heavy atom. The second-order valence-electron chi connectivity index (χ2n) is 10.7. The van der Waals surface area contributed by atoms with E-state index < -0.39 is 4.92 Å². The lowest BCUT2D eigenvalue weighted by Gasteiger charge is -2.17. The van der Waals surface area contributed by atoms with Crippen LogP contribution < -0.4 is 19.8 Å². The number of ether oxygens (including phenoxy) is 3. The number of benzene rings is 4. The molecule has 0 saturated carbocycles. The number of para-hydroxylation sites is 1. The molecule has 0 fully saturated rings. The van der Waals surface area contributed by atoms with E-state index in [1.54, 1.807) is 49.7 Å². The largest absolute Gasteiger partial charge is 0.496 e. The minimum absolute atomic E-state index is 0.0251. The number of hydrogen-bond donors (Lipinski definition) is 0. The molecule has 4 aromatic carbocycles. The molecule has 0 aliphatic rings. The van der Waals surface area contributed by atoms with Crippen LogP contribution in [0.4, 0.5) is 5.69 Å². The van der Waals surface area contributed by atoms with Crippen molar-refractivity contribution in [2.45, 2.75) is 33.3 Å². The zero-order chi connectivity index (χ0) is 33.1. The van der Waals surface area contributed by atoms with Gasteiger partial charge in [-0.3, -0.25) is 14.9 Å². The summed E-state index contributed by atoms with van der Waals surface area (Å²) in [5, 5.41) is 16.3. The first kappa shape index (κ1) is 32.8. The molecule has 236 valence electrons.